The summed E-state index contributed by atoms with van der Waals surface area (Å²) in [7, 11) is 1.64. The molecule has 2 aromatic heterocycles. The van der Waals surface area contributed by atoms with Crippen molar-refractivity contribution in [3.63, 3.8) is 0 Å². The molecule has 0 unspecified atom stereocenters. The van der Waals surface area contributed by atoms with Gasteiger partial charge in [0.15, 0.2) is 0 Å². The Morgan fingerprint density at radius 3 is 2.92 bits per heavy atom. The zero-order chi connectivity index (χ0) is 17.1. The Labute approximate surface area is 143 Å². The molecule has 0 aliphatic heterocycles. The first-order valence-corrected chi connectivity index (χ1v) is 7.65. The Balaban J connectivity index is 1.76. The van der Waals surface area contributed by atoms with Crippen molar-refractivity contribution in [2.45, 2.75) is 6.54 Å². The van der Waals surface area contributed by atoms with E-state index in [4.69, 9.17) is 11.6 Å². The minimum atomic E-state index is -0.399. The third kappa shape index (κ3) is 3.38. The molecule has 1 aromatic carbocycles. The zero-order valence-corrected chi connectivity index (χ0v) is 13.7. The summed E-state index contributed by atoms with van der Waals surface area (Å²) in [6, 6.07) is 10.5. The molecule has 0 aliphatic rings. The molecular weight excluding hydrogens is 328 g/mol. The van der Waals surface area contributed by atoms with Crippen LogP contribution in [0.5, 0.6) is 0 Å². The predicted octanol–water partition coefficient (Wildman–Crippen LogP) is 2.49. The smallest absolute Gasteiger partial charge is 0.260 e. The van der Waals surface area contributed by atoms with Gasteiger partial charge in [0.2, 0.25) is 0 Å². The number of amides is 1. The monoisotopic (exact) mass is 342 g/mol. The van der Waals surface area contributed by atoms with Crippen LogP contribution in [0.4, 0.5) is 0 Å². The standard InChI is InChI=1S/C17H15ClN4O2/c1-21(17(24)15-6-3-7-19-16(15)23)10-12-9-20-22(11-12)14-5-2-4-13(18)8-14/h2-9,11H,10H2,1H3,(H,19,23). The van der Waals surface area contributed by atoms with Gasteiger partial charge in [0, 0.05) is 36.6 Å². The molecule has 0 saturated heterocycles. The number of hydrogen-bond donors (Lipinski definition) is 1. The number of pyridine rings is 1. The lowest BCUT2D eigenvalue weighted by atomic mass is 10.2. The molecular formula is C17H15ClN4O2. The van der Waals surface area contributed by atoms with Crippen molar-refractivity contribution in [2.75, 3.05) is 7.05 Å². The number of rotatable bonds is 4. The minimum Gasteiger partial charge on any atom is -0.337 e. The summed E-state index contributed by atoms with van der Waals surface area (Å²) < 4.78 is 1.69. The van der Waals surface area contributed by atoms with Gasteiger partial charge in [-0.15, -0.1) is 0 Å². The van der Waals surface area contributed by atoms with Crippen LogP contribution in [0.15, 0.2) is 59.8 Å². The molecule has 3 aromatic rings. The topological polar surface area (TPSA) is 71.0 Å². The van der Waals surface area contributed by atoms with Gasteiger partial charge in [-0.05, 0) is 30.3 Å². The van der Waals surface area contributed by atoms with E-state index in [1.807, 2.05) is 18.3 Å². The molecule has 1 N–H and O–H groups in total. The lowest BCUT2D eigenvalue weighted by molar-refractivity contribution is 0.0783. The number of H-pyrrole nitrogens is 1. The van der Waals surface area contributed by atoms with Crippen molar-refractivity contribution in [2.24, 2.45) is 0 Å². The number of nitrogens with zero attached hydrogens (tertiary/aromatic N) is 3. The molecule has 24 heavy (non-hydrogen) atoms. The predicted molar refractivity (Wildman–Crippen MR) is 91.4 cm³/mol. The summed E-state index contributed by atoms with van der Waals surface area (Å²) in [5.41, 5.74) is 1.40. The zero-order valence-electron chi connectivity index (χ0n) is 12.9. The summed E-state index contributed by atoms with van der Waals surface area (Å²) in [4.78, 5) is 28.0. The number of carbonyl (C=O) groups is 1. The Morgan fingerprint density at radius 2 is 2.17 bits per heavy atom. The molecule has 0 bridgehead atoms. The molecule has 6 nitrogen and oxygen atoms in total. The first-order valence-electron chi connectivity index (χ1n) is 7.27. The summed E-state index contributed by atoms with van der Waals surface area (Å²) in [6.45, 7) is 0.341. The molecule has 0 fully saturated rings. The second-order valence-electron chi connectivity index (χ2n) is 5.35. The van der Waals surface area contributed by atoms with Crippen molar-refractivity contribution >= 4 is 17.5 Å². The number of aromatic nitrogens is 3. The van der Waals surface area contributed by atoms with E-state index in [2.05, 4.69) is 10.1 Å². The highest BCUT2D eigenvalue weighted by atomic mass is 35.5. The van der Waals surface area contributed by atoms with Crippen LogP contribution in [0.1, 0.15) is 15.9 Å². The number of benzene rings is 1. The molecule has 0 saturated carbocycles. The normalized spacial score (nSPS) is 10.6. The molecule has 0 aliphatic carbocycles. The van der Waals surface area contributed by atoms with Crippen molar-refractivity contribution in [3.05, 3.63) is 81.5 Å². The largest absolute Gasteiger partial charge is 0.337 e. The fourth-order valence-electron chi connectivity index (χ4n) is 2.34. The Hall–Kier alpha value is -2.86. The van der Waals surface area contributed by atoms with E-state index in [0.29, 0.717) is 11.6 Å². The van der Waals surface area contributed by atoms with Crippen molar-refractivity contribution in [3.8, 4) is 5.69 Å². The lowest BCUT2D eigenvalue weighted by Crippen LogP contribution is -2.30. The van der Waals surface area contributed by atoms with Crippen LogP contribution in [-0.2, 0) is 6.54 Å². The van der Waals surface area contributed by atoms with Crippen molar-refractivity contribution in [1.29, 1.82) is 0 Å². The van der Waals surface area contributed by atoms with E-state index in [9.17, 15) is 9.59 Å². The number of halogens is 1. The minimum absolute atomic E-state index is 0.113. The quantitative estimate of drug-likeness (QED) is 0.791. The maximum Gasteiger partial charge on any atom is 0.260 e. The fraction of sp³-hybridized carbons (Fsp3) is 0.118. The maximum atomic E-state index is 12.4. The number of hydrogen-bond acceptors (Lipinski definition) is 3. The third-order valence-corrected chi connectivity index (χ3v) is 3.76. The van der Waals surface area contributed by atoms with Crippen LogP contribution < -0.4 is 5.56 Å². The molecule has 122 valence electrons. The molecule has 2 heterocycles. The number of carbonyl (C=O) groups excluding carboxylic acids is 1. The first kappa shape index (κ1) is 16.0. The van der Waals surface area contributed by atoms with Crippen LogP contribution in [0.2, 0.25) is 5.02 Å². The van der Waals surface area contributed by atoms with E-state index in [-0.39, 0.29) is 11.5 Å². The van der Waals surface area contributed by atoms with Crippen molar-refractivity contribution in [1.82, 2.24) is 19.7 Å². The van der Waals surface area contributed by atoms with Gasteiger partial charge in [-0.2, -0.15) is 5.10 Å². The van der Waals surface area contributed by atoms with Crippen LogP contribution >= 0.6 is 11.6 Å². The van der Waals surface area contributed by atoms with E-state index in [1.54, 1.807) is 36.1 Å². The van der Waals surface area contributed by atoms with E-state index < -0.39 is 5.56 Å². The molecule has 0 spiro atoms. The summed E-state index contributed by atoms with van der Waals surface area (Å²) >= 11 is 5.98. The van der Waals surface area contributed by atoms with Crippen molar-refractivity contribution < 1.29 is 4.79 Å². The van der Waals surface area contributed by atoms with E-state index in [1.165, 1.54) is 17.2 Å². The van der Waals surface area contributed by atoms with Gasteiger partial charge in [-0.25, -0.2) is 4.68 Å². The van der Waals surface area contributed by atoms with Crippen LogP contribution in [0.25, 0.3) is 5.69 Å². The van der Waals surface area contributed by atoms with Gasteiger partial charge in [-0.1, -0.05) is 17.7 Å². The van der Waals surface area contributed by atoms with Gasteiger partial charge in [-0.3, -0.25) is 9.59 Å². The highest BCUT2D eigenvalue weighted by molar-refractivity contribution is 6.30. The van der Waals surface area contributed by atoms with E-state index in [0.717, 1.165) is 11.3 Å². The second kappa shape index (κ2) is 6.72. The Bertz CT molecular complexity index is 932. The van der Waals surface area contributed by atoms with Crippen LogP contribution in [-0.4, -0.2) is 32.6 Å². The summed E-state index contributed by atoms with van der Waals surface area (Å²) in [5, 5.41) is 4.91. The highest BCUT2D eigenvalue weighted by Gasteiger charge is 2.15. The van der Waals surface area contributed by atoms with Gasteiger partial charge in [0.05, 0.1) is 11.9 Å². The van der Waals surface area contributed by atoms with Crippen LogP contribution in [0, 0.1) is 0 Å². The number of nitrogens with one attached hydrogen (secondary N) is 1. The summed E-state index contributed by atoms with van der Waals surface area (Å²) in [6.07, 6.45) is 5.00. The third-order valence-electron chi connectivity index (χ3n) is 3.52. The van der Waals surface area contributed by atoms with Crippen LogP contribution in [0.3, 0.4) is 0 Å². The average molecular weight is 343 g/mol. The maximum absolute atomic E-state index is 12.4. The Morgan fingerprint density at radius 1 is 1.33 bits per heavy atom. The SMILES string of the molecule is CN(Cc1cnn(-c2cccc(Cl)c2)c1)C(=O)c1ccc[nH]c1=O. The van der Waals surface area contributed by atoms with Gasteiger partial charge < -0.3 is 9.88 Å². The lowest BCUT2D eigenvalue weighted by Gasteiger charge is -2.15. The van der Waals surface area contributed by atoms with Gasteiger partial charge in [0.25, 0.3) is 11.5 Å². The number of aromatic amines is 1. The molecule has 7 heteroatoms. The summed E-state index contributed by atoms with van der Waals surface area (Å²) in [5.74, 6) is -0.340. The second-order valence-corrected chi connectivity index (χ2v) is 5.78. The molecule has 0 radical (unpaired) electrons. The molecule has 0 atom stereocenters. The van der Waals surface area contributed by atoms with E-state index >= 15 is 0 Å². The average Bonchev–Trinajstić information content (AvgIpc) is 3.03. The highest BCUT2D eigenvalue weighted by Crippen LogP contribution is 2.15. The van der Waals surface area contributed by atoms with Gasteiger partial charge in [0.1, 0.15) is 5.56 Å². The fourth-order valence-corrected chi connectivity index (χ4v) is 2.53. The van der Waals surface area contributed by atoms with Gasteiger partial charge >= 0.3 is 0 Å². The first-order chi connectivity index (χ1) is 11.5. The molecule has 3 rings (SSSR count). The Kier molecular flexibility index (Phi) is 4.48. The molecule has 1 amide bonds.